The number of benzene rings is 1. The molecule has 0 radical (unpaired) electrons. The van der Waals surface area contributed by atoms with Crippen LogP contribution in [0.4, 0.5) is 0 Å². The van der Waals surface area contributed by atoms with E-state index in [0.717, 1.165) is 0 Å². The second-order valence-electron chi connectivity index (χ2n) is 3.11. The first-order valence-electron chi connectivity index (χ1n) is 6.59. The highest BCUT2D eigenvalue weighted by molar-refractivity contribution is 8.00. The van der Waals surface area contributed by atoms with E-state index in [9.17, 15) is 0 Å². The number of rotatable bonds is 3. The number of hydrogen-bond donors (Lipinski definition) is 0. The van der Waals surface area contributed by atoms with Crippen molar-refractivity contribution in [2.75, 3.05) is 0 Å². The summed E-state index contributed by atoms with van der Waals surface area (Å²) in [5.74, 6) is 0. The normalized spacial score (nSPS) is 11.0. The molecule has 0 nitrogen and oxygen atoms in total. The van der Waals surface area contributed by atoms with Gasteiger partial charge in [0.2, 0.25) is 0 Å². The van der Waals surface area contributed by atoms with Crippen LogP contribution in [0.15, 0.2) is 41.3 Å². The quantitative estimate of drug-likeness (QED) is 0.462. The van der Waals surface area contributed by atoms with E-state index in [1.807, 2.05) is 39.5 Å². The van der Waals surface area contributed by atoms with Crippen molar-refractivity contribution < 1.29 is 0 Å². The zero-order chi connectivity index (χ0) is 13.7. The predicted molar refractivity (Wildman–Crippen MR) is 84.0 cm³/mol. The third kappa shape index (κ3) is 9.05. The number of hydrogen-bond acceptors (Lipinski definition) is 1. The van der Waals surface area contributed by atoms with E-state index in [0.29, 0.717) is 5.25 Å². The van der Waals surface area contributed by atoms with E-state index in [2.05, 4.69) is 57.2 Å². The Morgan fingerprint density at radius 3 is 2.06 bits per heavy atom. The molecule has 0 spiro atoms. The van der Waals surface area contributed by atoms with Crippen LogP contribution in [-0.2, 0) is 0 Å². The minimum atomic E-state index is 0.561. The molecule has 0 aliphatic carbocycles. The van der Waals surface area contributed by atoms with E-state index in [1.165, 1.54) is 10.5 Å². The van der Waals surface area contributed by atoms with Gasteiger partial charge in [0, 0.05) is 10.1 Å². The van der Waals surface area contributed by atoms with Crippen molar-refractivity contribution in [3.63, 3.8) is 0 Å². The zero-order valence-electron chi connectivity index (χ0n) is 12.4. The van der Waals surface area contributed by atoms with Gasteiger partial charge in [-0.25, -0.2) is 0 Å². The molecule has 0 heterocycles. The molecule has 1 atom stereocenters. The van der Waals surface area contributed by atoms with Gasteiger partial charge >= 0.3 is 0 Å². The summed E-state index contributed by atoms with van der Waals surface area (Å²) < 4.78 is 0. The van der Waals surface area contributed by atoms with Crippen LogP contribution in [0.1, 0.15) is 47.1 Å². The van der Waals surface area contributed by atoms with Gasteiger partial charge in [-0.1, -0.05) is 58.0 Å². The van der Waals surface area contributed by atoms with Gasteiger partial charge in [0.05, 0.1) is 0 Å². The monoisotopic (exact) mass is 252 g/mol. The molecule has 1 heteroatoms. The fourth-order valence-corrected chi connectivity index (χ4v) is 2.25. The molecule has 0 bridgehead atoms. The molecule has 1 aromatic rings. The summed E-state index contributed by atoms with van der Waals surface area (Å²) in [6, 6.07) is 8.52. The van der Waals surface area contributed by atoms with E-state index in [4.69, 9.17) is 0 Å². The van der Waals surface area contributed by atoms with Gasteiger partial charge in [-0.05, 0) is 32.4 Å². The Morgan fingerprint density at radius 2 is 1.59 bits per heavy atom. The Kier molecular flexibility index (Phi) is 14.7. The summed E-state index contributed by atoms with van der Waals surface area (Å²) in [6.45, 7) is 14.4. The fraction of sp³-hybridized carbons (Fsp3) is 0.500. The summed E-state index contributed by atoms with van der Waals surface area (Å²) in [5, 5.41) is 0.561. The molecule has 0 aromatic heterocycles. The molecule has 0 saturated carbocycles. The van der Waals surface area contributed by atoms with Crippen molar-refractivity contribution in [3.8, 4) is 0 Å². The molecule has 1 aromatic carbocycles. The Bertz CT molecular complexity index is 289. The lowest BCUT2D eigenvalue weighted by atomic mass is 10.2. The minimum Gasteiger partial charge on any atom is -0.119 e. The number of allylic oxidation sites excluding steroid dienone is 1. The summed E-state index contributed by atoms with van der Waals surface area (Å²) in [7, 11) is 0. The second-order valence-corrected chi connectivity index (χ2v) is 4.53. The predicted octanol–water partition coefficient (Wildman–Crippen LogP) is 6.10. The van der Waals surface area contributed by atoms with Crippen molar-refractivity contribution in [3.05, 3.63) is 42.0 Å². The molecule has 0 aliphatic rings. The molecule has 98 valence electrons. The Hall–Kier alpha value is -0.690. The highest BCUT2D eigenvalue weighted by Crippen LogP contribution is 2.26. The van der Waals surface area contributed by atoms with E-state index >= 15 is 0 Å². The molecule has 0 saturated heterocycles. The van der Waals surface area contributed by atoms with Gasteiger partial charge in [-0.15, -0.1) is 11.8 Å². The standard InChI is InChI=1S/C12H16S.2C2H6/c1-4-7-11(3)13-12-9-6-5-8-10(12)2;2*1-2/h4-9,11H,1-3H3;2*1-2H3. The average molecular weight is 252 g/mol. The van der Waals surface area contributed by atoms with Gasteiger partial charge in [0.15, 0.2) is 0 Å². The Labute approximate surface area is 113 Å². The minimum absolute atomic E-state index is 0.561. The highest BCUT2D eigenvalue weighted by atomic mass is 32.2. The topological polar surface area (TPSA) is 0 Å². The third-order valence-corrected chi connectivity index (χ3v) is 3.11. The van der Waals surface area contributed by atoms with Crippen molar-refractivity contribution in [1.29, 1.82) is 0 Å². The maximum Gasteiger partial charge on any atom is 0.0246 e. The first kappa shape index (κ1) is 18.7. The highest BCUT2D eigenvalue weighted by Gasteiger charge is 2.01. The van der Waals surface area contributed by atoms with E-state index < -0.39 is 0 Å². The first-order chi connectivity index (χ1) is 8.24. The van der Waals surface area contributed by atoms with Crippen LogP contribution in [0, 0.1) is 6.92 Å². The van der Waals surface area contributed by atoms with Crippen LogP contribution in [0.25, 0.3) is 0 Å². The van der Waals surface area contributed by atoms with Crippen LogP contribution in [0.3, 0.4) is 0 Å². The molecule has 0 fully saturated rings. The summed E-state index contributed by atoms with van der Waals surface area (Å²) in [5.41, 5.74) is 1.36. The average Bonchev–Trinajstić information content (AvgIpc) is 2.37. The molecule has 1 rings (SSSR count). The zero-order valence-corrected chi connectivity index (χ0v) is 13.3. The van der Waals surface area contributed by atoms with Crippen molar-refractivity contribution in [2.45, 2.75) is 58.6 Å². The number of aryl methyl sites for hydroxylation is 1. The lowest BCUT2D eigenvalue weighted by Gasteiger charge is -2.08. The molecule has 0 N–H and O–H groups in total. The van der Waals surface area contributed by atoms with Crippen LogP contribution in [0.2, 0.25) is 0 Å². The maximum atomic E-state index is 2.22. The Morgan fingerprint density at radius 1 is 1.06 bits per heavy atom. The van der Waals surface area contributed by atoms with Crippen LogP contribution >= 0.6 is 11.8 Å². The van der Waals surface area contributed by atoms with Crippen molar-refractivity contribution in [2.24, 2.45) is 0 Å². The molecule has 1 unspecified atom stereocenters. The molecule has 0 aliphatic heterocycles. The van der Waals surface area contributed by atoms with Gasteiger partial charge in [0.25, 0.3) is 0 Å². The molecule has 0 amide bonds. The second kappa shape index (κ2) is 13.4. The SMILES string of the molecule is CC.CC.CC=CC(C)Sc1ccccc1C. The van der Waals surface area contributed by atoms with Gasteiger partial charge in [-0.2, -0.15) is 0 Å². The van der Waals surface area contributed by atoms with E-state index in [-0.39, 0.29) is 0 Å². The molecular formula is C16H28S. The lowest BCUT2D eigenvalue weighted by molar-refractivity contribution is 1.21. The number of thioether (sulfide) groups is 1. The van der Waals surface area contributed by atoms with Crippen LogP contribution < -0.4 is 0 Å². The van der Waals surface area contributed by atoms with E-state index in [1.54, 1.807) is 0 Å². The van der Waals surface area contributed by atoms with Gasteiger partial charge < -0.3 is 0 Å². The van der Waals surface area contributed by atoms with Crippen molar-refractivity contribution >= 4 is 11.8 Å². The van der Waals surface area contributed by atoms with Crippen LogP contribution in [-0.4, -0.2) is 5.25 Å². The van der Waals surface area contributed by atoms with Crippen molar-refractivity contribution in [1.82, 2.24) is 0 Å². The largest absolute Gasteiger partial charge is 0.119 e. The maximum absolute atomic E-state index is 2.22. The van der Waals surface area contributed by atoms with Gasteiger partial charge in [-0.3, -0.25) is 0 Å². The summed E-state index contributed by atoms with van der Waals surface area (Å²) in [4.78, 5) is 1.38. The smallest absolute Gasteiger partial charge is 0.0246 e. The third-order valence-electron chi connectivity index (χ3n) is 1.87. The Balaban J connectivity index is 0. The summed E-state index contributed by atoms with van der Waals surface area (Å²) in [6.07, 6.45) is 4.33. The molecular weight excluding hydrogens is 224 g/mol. The van der Waals surface area contributed by atoms with Gasteiger partial charge in [0.1, 0.15) is 0 Å². The molecule has 17 heavy (non-hydrogen) atoms. The summed E-state index contributed by atoms with van der Waals surface area (Å²) >= 11 is 1.91. The lowest BCUT2D eigenvalue weighted by Crippen LogP contribution is -1.90. The van der Waals surface area contributed by atoms with Crippen LogP contribution in [0.5, 0.6) is 0 Å². The fourth-order valence-electron chi connectivity index (χ4n) is 1.20. The first-order valence-corrected chi connectivity index (χ1v) is 7.47.